The van der Waals surface area contributed by atoms with E-state index in [1.54, 1.807) is 6.20 Å². The Kier molecular flexibility index (Phi) is 5.30. The summed E-state index contributed by atoms with van der Waals surface area (Å²) >= 11 is 3.61. The Morgan fingerprint density at radius 3 is 2.75 bits per heavy atom. The van der Waals surface area contributed by atoms with E-state index in [0.29, 0.717) is 6.04 Å². The Hall–Kier alpha value is -2.11. The summed E-state index contributed by atoms with van der Waals surface area (Å²) in [5.41, 5.74) is 5.63. The summed E-state index contributed by atoms with van der Waals surface area (Å²) in [7, 11) is 0. The number of hydrogen-bond acceptors (Lipinski definition) is 2. The molecule has 0 saturated carbocycles. The first-order valence-electron chi connectivity index (χ1n) is 9.78. The zero-order valence-corrected chi connectivity index (χ0v) is 17.9. The van der Waals surface area contributed by atoms with Crippen molar-refractivity contribution < 1.29 is 9.90 Å². The highest BCUT2D eigenvalue weighted by molar-refractivity contribution is 9.10. The van der Waals surface area contributed by atoms with Crippen LogP contribution in [0, 0.1) is 13.8 Å². The fourth-order valence-electron chi connectivity index (χ4n) is 4.61. The third kappa shape index (κ3) is 3.49. The van der Waals surface area contributed by atoms with Gasteiger partial charge in [-0.15, -0.1) is 0 Å². The molecule has 5 heteroatoms. The molecule has 0 bridgehead atoms. The fraction of sp³-hybridized carbons (Fsp3) is 0.348. The van der Waals surface area contributed by atoms with Crippen molar-refractivity contribution in [3.63, 3.8) is 0 Å². The van der Waals surface area contributed by atoms with Crippen molar-refractivity contribution in [1.82, 2.24) is 9.47 Å². The Morgan fingerprint density at radius 2 is 2.00 bits per heavy atom. The standard InChI is InChI=1S/C23H25BrN2O2/c1-15-12-16(2)22-19(9-11-26(22)23(27)28)20(15)14-25-10-4-3-8-21(25)17-6-5-7-18(24)13-17/h5-7,9,11-13,21H,3-4,8,10,14H2,1-2H3,(H,27,28). The fourth-order valence-corrected chi connectivity index (χ4v) is 5.03. The predicted octanol–water partition coefficient (Wildman–Crippen LogP) is 6.27. The van der Waals surface area contributed by atoms with Crippen molar-refractivity contribution in [3.8, 4) is 0 Å². The molecule has 1 unspecified atom stereocenters. The van der Waals surface area contributed by atoms with Gasteiger partial charge in [-0.2, -0.15) is 0 Å². The van der Waals surface area contributed by atoms with E-state index in [0.717, 1.165) is 40.4 Å². The first-order chi connectivity index (χ1) is 13.5. The largest absolute Gasteiger partial charge is 0.464 e. The predicted molar refractivity (Wildman–Crippen MR) is 116 cm³/mol. The molecular formula is C23H25BrN2O2. The highest BCUT2D eigenvalue weighted by Gasteiger charge is 2.26. The van der Waals surface area contributed by atoms with Crippen LogP contribution in [0.5, 0.6) is 0 Å². The monoisotopic (exact) mass is 440 g/mol. The second-order valence-corrected chi connectivity index (χ2v) is 8.67. The number of rotatable bonds is 3. The summed E-state index contributed by atoms with van der Waals surface area (Å²) in [6, 6.07) is 13.1. The Labute approximate surface area is 173 Å². The number of halogens is 1. The maximum absolute atomic E-state index is 11.6. The maximum Gasteiger partial charge on any atom is 0.416 e. The van der Waals surface area contributed by atoms with Crippen LogP contribution in [-0.2, 0) is 6.54 Å². The first-order valence-corrected chi connectivity index (χ1v) is 10.6. The van der Waals surface area contributed by atoms with E-state index in [1.165, 1.54) is 34.1 Å². The summed E-state index contributed by atoms with van der Waals surface area (Å²) in [6.07, 6.45) is 4.34. The SMILES string of the molecule is Cc1cc(C)c2c(ccn2C(=O)O)c1CN1CCCCC1c1cccc(Br)c1. The summed E-state index contributed by atoms with van der Waals surface area (Å²) < 4.78 is 2.46. The normalized spacial score (nSPS) is 17.9. The first kappa shape index (κ1) is 19.2. The Balaban J connectivity index is 1.75. The second-order valence-electron chi connectivity index (χ2n) is 7.76. The number of carbonyl (C=O) groups is 1. The average molecular weight is 441 g/mol. The molecule has 0 spiro atoms. The molecule has 0 amide bonds. The van der Waals surface area contributed by atoms with Gasteiger partial charge in [0.1, 0.15) is 0 Å². The van der Waals surface area contributed by atoms with Crippen LogP contribution in [0.2, 0.25) is 0 Å². The number of nitrogens with zero attached hydrogens (tertiary/aromatic N) is 2. The summed E-state index contributed by atoms with van der Waals surface area (Å²) in [4.78, 5) is 14.2. The topological polar surface area (TPSA) is 45.5 Å². The van der Waals surface area contributed by atoms with Gasteiger partial charge in [0.25, 0.3) is 0 Å². The lowest BCUT2D eigenvalue weighted by molar-refractivity contribution is 0.140. The van der Waals surface area contributed by atoms with E-state index in [-0.39, 0.29) is 0 Å². The number of carboxylic acid groups (broad SMARTS) is 1. The number of aromatic nitrogens is 1. The van der Waals surface area contributed by atoms with Crippen molar-refractivity contribution in [2.75, 3.05) is 6.54 Å². The zero-order valence-electron chi connectivity index (χ0n) is 16.3. The van der Waals surface area contributed by atoms with Gasteiger partial charge in [0.05, 0.1) is 5.52 Å². The van der Waals surface area contributed by atoms with Crippen molar-refractivity contribution in [2.24, 2.45) is 0 Å². The third-order valence-electron chi connectivity index (χ3n) is 5.91. The van der Waals surface area contributed by atoms with Gasteiger partial charge in [0, 0.05) is 28.6 Å². The average Bonchev–Trinajstić information content (AvgIpc) is 3.11. The molecule has 4 rings (SSSR count). The number of fused-ring (bicyclic) bond motifs is 1. The number of piperidine rings is 1. The molecule has 0 radical (unpaired) electrons. The molecule has 1 aliphatic rings. The van der Waals surface area contributed by atoms with Gasteiger partial charge < -0.3 is 5.11 Å². The lowest BCUT2D eigenvalue weighted by Gasteiger charge is -2.36. The Morgan fingerprint density at radius 1 is 1.18 bits per heavy atom. The van der Waals surface area contributed by atoms with Gasteiger partial charge in [0.2, 0.25) is 0 Å². The molecule has 1 fully saturated rings. The van der Waals surface area contributed by atoms with E-state index >= 15 is 0 Å². The molecule has 1 aromatic heterocycles. The summed E-state index contributed by atoms with van der Waals surface area (Å²) in [6.45, 7) is 6.02. The number of aryl methyl sites for hydroxylation is 2. The molecule has 2 aromatic carbocycles. The minimum Gasteiger partial charge on any atom is -0.464 e. The van der Waals surface area contributed by atoms with Crippen molar-refractivity contribution in [2.45, 2.75) is 45.7 Å². The van der Waals surface area contributed by atoms with Gasteiger partial charge in [0.15, 0.2) is 0 Å². The molecule has 1 aliphatic heterocycles. The van der Waals surface area contributed by atoms with Crippen LogP contribution in [-0.4, -0.2) is 27.2 Å². The van der Waals surface area contributed by atoms with Gasteiger partial charge >= 0.3 is 6.09 Å². The molecule has 0 aliphatic carbocycles. The highest BCUT2D eigenvalue weighted by atomic mass is 79.9. The lowest BCUT2D eigenvalue weighted by Crippen LogP contribution is -2.33. The van der Waals surface area contributed by atoms with Crippen molar-refractivity contribution in [3.05, 3.63) is 69.3 Å². The van der Waals surface area contributed by atoms with Crippen LogP contribution >= 0.6 is 15.9 Å². The highest BCUT2D eigenvalue weighted by Crippen LogP contribution is 2.35. The lowest BCUT2D eigenvalue weighted by atomic mass is 9.93. The van der Waals surface area contributed by atoms with Crippen LogP contribution in [0.3, 0.4) is 0 Å². The molecule has 146 valence electrons. The van der Waals surface area contributed by atoms with E-state index in [4.69, 9.17) is 0 Å². The van der Waals surface area contributed by atoms with Crippen LogP contribution < -0.4 is 0 Å². The molecule has 1 N–H and O–H groups in total. The number of benzene rings is 2. The van der Waals surface area contributed by atoms with Crippen molar-refractivity contribution in [1.29, 1.82) is 0 Å². The molecular weight excluding hydrogens is 416 g/mol. The number of likely N-dealkylation sites (tertiary alicyclic amines) is 1. The van der Waals surface area contributed by atoms with Crippen LogP contribution in [0.25, 0.3) is 10.9 Å². The number of hydrogen-bond donors (Lipinski definition) is 1. The quantitative estimate of drug-likeness (QED) is 0.521. The van der Waals surface area contributed by atoms with Gasteiger partial charge in [-0.25, -0.2) is 4.79 Å². The molecule has 2 heterocycles. The molecule has 4 nitrogen and oxygen atoms in total. The maximum atomic E-state index is 11.6. The smallest absolute Gasteiger partial charge is 0.416 e. The van der Waals surface area contributed by atoms with E-state index in [9.17, 15) is 9.90 Å². The Bertz CT molecular complexity index is 1040. The van der Waals surface area contributed by atoms with Gasteiger partial charge in [-0.05, 0) is 73.7 Å². The molecule has 28 heavy (non-hydrogen) atoms. The minimum absolute atomic E-state index is 0.392. The summed E-state index contributed by atoms with van der Waals surface area (Å²) in [5.74, 6) is 0. The molecule has 3 aromatic rings. The van der Waals surface area contributed by atoms with E-state index < -0.39 is 6.09 Å². The summed E-state index contributed by atoms with van der Waals surface area (Å²) in [5, 5.41) is 10.6. The minimum atomic E-state index is -0.933. The van der Waals surface area contributed by atoms with E-state index in [1.807, 2.05) is 13.0 Å². The second kappa shape index (κ2) is 7.72. The van der Waals surface area contributed by atoms with Crippen LogP contribution in [0.15, 0.2) is 47.1 Å². The third-order valence-corrected chi connectivity index (χ3v) is 6.40. The van der Waals surface area contributed by atoms with Crippen LogP contribution in [0.4, 0.5) is 4.79 Å². The van der Waals surface area contributed by atoms with Crippen LogP contribution in [0.1, 0.15) is 47.6 Å². The van der Waals surface area contributed by atoms with Gasteiger partial charge in [-0.3, -0.25) is 9.47 Å². The van der Waals surface area contributed by atoms with Gasteiger partial charge in [-0.1, -0.05) is 40.5 Å². The molecule has 1 saturated heterocycles. The van der Waals surface area contributed by atoms with Crippen molar-refractivity contribution >= 4 is 32.9 Å². The van der Waals surface area contributed by atoms with E-state index in [2.05, 4.69) is 58.1 Å². The molecule has 1 atom stereocenters. The zero-order chi connectivity index (χ0) is 19.8.